The van der Waals surface area contributed by atoms with Gasteiger partial charge < -0.3 is 5.73 Å². The standard InChI is InChI=1S/C21H23NO.H2/c1-15(2)20(16(3)23)21(22)19-11-7-10-18(14-19)13-12-17-8-5-4-6-9-17;/h4-15H,22H2,1-3H3;1H/b13-12+,21-20-;. The monoisotopic (exact) mass is 307 g/mol. The van der Waals surface area contributed by atoms with Crippen LogP contribution in [0.4, 0.5) is 0 Å². The molecule has 0 atom stereocenters. The molecule has 0 aliphatic heterocycles. The summed E-state index contributed by atoms with van der Waals surface area (Å²) in [6.45, 7) is 5.55. The highest BCUT2D eigenvalue weighted by atomic mass is 16.1. The van der Waals surface area contributed by atoms with E-state index in [-0.39, 0.29) is 13.1 Å². The highest BCUT2D eigenvalue weighted by Gasteiger charge is 2.14. The van der Waals surface area contributed by atoms with Crippen molar-refractivity contribution in [1.82, 2.24) is 0 Å². The van der Waals surface area contributed by atoms with Crippen LogP contribution in [0.25, 0.3) is 17.8 Å². The van der Waals surface area contributed by atoms with Gasteiger partial charge in [-0.05, 0) is 35.6 Å². The molecular formula is C21H25NO. The first-order chi connectivity index (χ1) is 11.0. The molecule has 120 valence electrons. The third-order valence-electron chi connectivity index (χ3n) is 3.71. The Morgan fingerprint density at radius 3 is 2.22 bits per heavy atom. The zero-order valence-corrected chi connectivity index (χ0v) is 13.9. The second-order valence-corrected chi connectivity index (χ2v) is 5.91. The molecule has 0 bridgehead atoms. The highest BCUT2D eigenvalue weighted by Crippen LogP contribution is 2.22. The lowest BCUT2D eigenvalue weighted by Gasteiger charge is -2.13. The van der Waals surface area contributed by atoms with Crippen LogP contribution in [0.5, 0.6) is 0 Å². The Hall–Kier alpha value is -2.61. The van der Waals surface area contributed by atoms with E-state index in [9.17, 15) is 4.79 Å². The number of ketones is 1. The van der Waals surface area contributed by atoms with Gasteiger partial charge in [0.15, 0.2) is 5.78 Å². The van der Waals surface area contributed by atoms with Gasteiger partial charge in [-0.1, -0.05) is 74.5 Å². The molecule has 0 saturated carbocycles. The summed E-state index contributed by atoms with van der Waals surface area (Å²) in [5.74, 6) is 0.138. The Labute approximate surface area is 139 Å². The molecule has 2 aromatic rings. The van der Waals surface area contributed by atoms with Crippen LogP contribution in [-0.2, 0) is 4.79 Å². The van der Waals surface area contributed by atoms with Crippen LogP contribution < -0.4 is 5.73 Å². The SMILES string of the molecule is CC(=O)/C(=C(\N)c1cccc(/C=C/c2ccccc2)c1)C(C)C.[HH]. The van der Waals surface area contributed by atoms with Crippen molar-refractivity contribution in [3.8, 4) is 0 Å². The summed E-state index contributed by atoms with van der Waals surface area (Å²) in [4.78, 5) is 11.8. The van der Waals surface area contributed by atoms with Gasteiger partial charge in [-0.2, -0.15) is 0 Å². The second-order valence-electron chi connectivity index (χ2n) is 5.91. The average molecular weight is 307 g/mol. The lowest BCUT2D eigenvalue weighted by atomic mass is 9.94. The van der Waals surface area contributed by atoms with Gasteiger partial charge in [0.25, 0.3) is 0 Å². The molecule has 0 aromatic heterocycles. The molecule has 23 heavy (non-hydrogen) atoms. The van der Waals surface area contributed by atoms with Crippen LogP contribution in [0, 0.1) is 5.92 Å². The number of Topliss-reactive ketones (excluding diaryl/α,β-unsaturated/α-hetero) is 1. The predicted octanol–water partition coefficient (Wildman–Crippen LogP) is 5.02. The molecule has 0 aliphatic rings. The third-order valence-corrected chi connectivity index (χ3v) is 3.71. The minimum absolute atomic E-state index is 0. The zero-order chi connectivity index (χ0) is 16.8. The molecule has 0 unspecified atom stereocenters. The first kappa shape index (κ1) is 16.8. The number of allylic oxidation sites excluding steroid dienone is 1. The number of carbonyl (C=O) groups is 1. The van der Waals surface area contributed by atoms with Crippen LogP contribution in [-0.4, -0.2) is 5.78 Å². The maximum atomic E-state index is 11.8. The van der Waals surface area contributed by atoms with E-state index in [1.165, 1.54) is 0 Å². The minimum Gasteiger partial charge on any atom is -0.398 e. The molecule has 0 fully saturated rings. The van der Waals surface area contributed by atoms with Crippen molar-refractivity contribution in [3.63, 3.8) is 0 Å². The topological polar surface area (TPSA) is 43.1 Å². The summed E-state index contributed by atoms with van der Waals surface area (Å²) < 4.78 is 0. The van der Waals surface area contributed by atoms with Crippen molar-refractivity contribution < 1.29 is 6.22 Å². The van der Waals surface area contributed by atoms with E-state index < -0.39 is 0 Å². The number of hydrogen-bond acceptors (Lipinski definition) is 2. The Kier molecular flexibility index (Phi) is 5.53. The first-order valence-corrected chi connectivity index (χ1v) is 7.83. The summed E-state index contributed by atoms with van der Waals surface area (Å²) in [5, 5.41) is 0. The Bertz CT molecular complexity index is 745. The highest BCUT2D eigenvalue weighted by molar-refractivity contribution is 6.01. The molecule has 0 saturated heterocycles. The fourth-order valence-corrected chi connectivity index (χ4v) is 2.63. The van der Waals surface area contributed by atoms with Crippen molar-refractivity contribution in [2.75, 3.05) is 0 Å². The molecule has 2 heteroatoms. The molecule has 2 nitrogen and oxygen atoms in total. The van der Waals surface area contributed by atoms with E-state index >= 15 is 0 Å². The van der Waals surface area contributed by atoms with Crippen molar-refractivity contribution in [2.45, 2.75) is 20.8 Å². The van der Waals surface area contributed by atoms with E-state index in [1.54, 1.807) is 6.92 Å². The second kappa shape index (κ2) is 7.59. The van der Waals surface area contributed by atoms with Gasteiger partial charge in [-0.15, -0.1) is 0 Å². The Balaban J connectivity index is 0.00000288. The Morgan fingerprint density at radius 1 is 1.00 bits per heavy atom. The molecule has 0 radical (unpaired) electrons. The number of carbonyl (C=O) groups excluding carboxylic acids is 1. The molecule has 2 rings (SSSR count). The van der Waals surface area contributed by atoms with E-state index in [1.807, 2.05) is 56.3 Å². The smallest absolute Gasteiger partial charge is 0.158 e. The van der Waals surface area contributed by atoms with Crippen LogP contribution >= 0.6 is 0 Å². The van der Waals surface area contributed by atoms with Gasteiger partial charge in [0, 0.05) is 12.7 Å². The molecule has 2 N–H and O–H groups in total. The first-order valence-electron chi connectivity index (χ1n) is 7.83. The zero-order valence-electron chi connectivity index (χ0n) is 13.9. The van der Waals surface area contributed by atoms with Crippen LogP contribution in [0.2, 0.25) is 0 Å². The summed E-state index contributed by atoms with van der Waals surface area (Å²) >= 11 is 0. The lowest BCUT2D eigenvalue weighted by Crippen LogP contribution is -2.12. The minimum atomic E-state index is 0. The number of hydrogen-bond donors (Lipinski definition) is 1. The van der Waals surface area contributed by atoms with Gasteiger partial charge in [-0.3, -0.25) is 4.79 Å². The predicted molar refractivity (Wildman–Crippen MR) is 101 cm³/mol. The van der Waals surface area contributed by atoms with Gasteiger partial charge in [0.05, 0.1) is 0 Å². The van der Waals surface area contributed by atoms with E-state index in [0.29, 0.717) is 11.3 Å². The Morgan fingerprint density at radius 2 is 1.61 bits per heavy atom. The van der Waals surface area contributed by atoms with Crippen molar-refractivity contribution in [2.24, 2.45) is 11.7 Å². The lowest BCUT2D eigenvalue weighted by molar-refractivity contribution is -0.113. The molecule has 0 heterocycles. The van der Waals surface area contributed by atoms with Crippen LogP contribution in [0.1, 0.15) is 38.9 Å². The maximum absolute atomic E-state index is 11.8. The fraction of sp³-hybridized carbons (Fsp3) is 0.190. The van der Waals surface area contributed by atoms with Gasteiger partial charge in [-0.25, -0.2) is 0 Å². The van der Waals surface area contributed by atoms with Gasteiger partial charge in [0.1, 0.15) is 0 Å². The van der Waals surface area contributed by atoms with Crippen LogP contribution in [0.15, 0.2) is 60.2 Å². The van der Waals surface area contributed by atoms with Crippen molar-refractivity contribution in [1.29, 1.82) is 0 Å². The van der Waals surface area contributed by atoms with Gasteiger partial charge >= 0.3 is 0 Å². The number of nitrogens with two attached hydrogens (primary N) is 1. The summed E-state index contributed by atoms with van der Waals surface area (Å²) in [6, 6.07) is 18.1. The number of benzene rings is 2. The van der Waals surface area contributed by atoms with Crippen LogP contribution in [0.3, 0.4) is 0 Å². The quantitative estimate of drug-likeness (QED) is 0.622. The maximum Gasteiger partial charge on any atom is 0.158 e. The van der Waals surface area contributed by atoms with E-state index in [4.69, 9.17) is 5.73 Å². The largest absolute Gasteiger partial charge is 0.398 e. The third kappa shape index (κ3) is 4.43. The normalized spacial score (nSPS) is 12.5. The summed E-state index contributed by atoms with van der Waals surface area (Å²) in [6.07, 6.45) is 4.11. The molecular weight excluding hydrogens is 282 g/mol. The fourth-order valence-electron chi connectivity index (χ4n) is 2.63. The molecule has 0 aliphatic carbocycles. The van der Waals surface area contributed by atoms with Gasteiger partial charge in [0.2, 0.25) is 0 Å². The number of rotatable bonds is 5. The molecule has 2 aromatic carbocycles. The molecule has 0 amide bonds. The van der Waals surface area contributed by atoms with Crippen molar-refractivity contribution in [3.05, 3.63) is 76.9 Å². The summed E-state index contributed by atoms with van der Waals surface area (Å²) in [7, 11) is 0. The average Bonchev–Trinajstić information content (AvgIpc) is 2.53. The summed E-state index contributed by atoms with van der Waals surface area (Å²) in [5.41, 5.74) is 10.6. The van der Waals surface area contributed by atoms with E-state index in [2.05, 4.69) is 24.3 Å². The van der Waals surface area contributed by atoms with E-state index in [0.717, 1.165) is 16.7 Å². The van der Waals surface area contributed by atoms with Crippen molar-refractivity contribution >= 4 is 23.6 Å². The molecule has 0 spiro atoms.